The maximum absolute atomic E-state index is 13.0. The molecule has 132 valence electrons. The Kier molecular flexibility index (Phi) is 4.47. The number of para-hydroxylation sites is 1. The number of carbonyl (C=O) groups is 1. The minimum Gasteiger partial charge on any atom is -0.314 e. The molecule has 2 heterocycles. The molecule has 0 atom stereocenters. The lowest BCUT2D eigenvalue weighted by Crippen LogP contribution is -2.37. The quantitative estimate of drug-likeness (QED) is 0.710. The van der Waals surface area contributed by atoms with Gasteiger partial charge in [0, 0.05) is 19.2 Å². The summed E-state index contributed by atoms with van der Waals surface area (Å²) in [5.74, 6) is 1.40. The topological polar surface area (TPSA) is 51.0 Å². The van der Waals surface area contributed by atoms with Gasteiger partial charge in [-0.3, -0.25) is 4.79 Å². The molecule has 1 aliphatic rings. The minimum absolute atomic E-state index is 0.00541. The highest BCUT2D eigenvalue weighted by Gasteiger charge is 2.26. The third-order valence-corrected chi connectivity index (χ3v) is 5.08. The summed E-state index contributed by atoms with van der Waals surface area (Å²) >= 11 is 6.37. The van der Waals surface area contributed by atoms with Crippen LogP contribution in [-0.4, -0.2) is 27.2 Å². The molecule has 0 radical (unpaired) electrons. The van der Waals surface area contributed by atoms with E-state index in [1.54, 1.807) is 4.90 Å². The summed E-state index contributed by atoms with van der Waals surface area (Å²) in [4.78, 5) is 14.8. The number of rotatable bonds is 3. The van der Waals surface area contributed by atoms with Crippen LogP contribution in [0.5, 0.6) is 0 Å². The second kappa shape index (κ2) is 6.92. The van der Waals surface area contributed by atoms with Gasteiger partial charge in [0.2, 0.25) is 5.91 Å². The minimum atomic E-state index is -0.00541. The molecule has 0 aliphatic carbocycles. The Labute approximate surface area is 157 Å². The van der Waals surface area contributed by atoms with Crippen molar-refractivity contribution in [3.05, 3.63) is 64.9 Å². The predicted molar refractivity (Wildman–Crippen MR) is 102 cm³/mol. The summed E-state index contributed by atoms with van der Waals surface area (Å²) in [7, 11) is 1.89. The van der Waals surface area contributed by atoms with Crippen LogP contribution in [0.3, 0.4) is 0 Å². The van der Waals surface area contributed by atoms with Crippen LogP contribution < -0.4 is 4.90 Å². The van der Waals surface area contributed by atoms with Crippen LogP contribution >= 0.6 is 11.6 Å². The number of aryl methyl sites for hydroxylation is 1. The van der Waals surface area contributed by atoms with Crippen molar-refractivity contribution in [2.24, 2.45) is 7.05 Å². The summed E-state index contributed by atoms with van der Waals surface area (Å²) < 4.78 is 1.88. The van der Waals surface area contributed by atoms with E-state index in [0.717, 1.165) is 35.5 Å². The fourth-order valence-electron chi connectivity index (χ4n) is 3.44. The number of hydrogen-bond donors (Lipinski definition) is 0. The van der Waals surface area contributed by atoms with Crippen molar-refractivity contribution in [1.82, 2.24) is 14.8 Å². The molecule has 5 nitrogen and oxygen atoms in total. The number of carbonyl (C=O) groups excluding carboxylic acids is 1. The molecular weight excluding hydrogens is 348 g/mol. The largest absolute Gasteiger partial charge is 0.314 e. The third-order valence-electron chi connectivity index (χ3n) is 4.78. The molecule has 0 N–H and O–H groups in total. The van der Waals surface area contributed by atoms with Crippen LogP contribution in [0.15, 0.2) is 48.5 Å². The Morgan fingerprint density at radius 1 is 1.12 bits per heavy atom. The highest BCUT2D eigenvalue weighted by atomic mass is 35.5. The maximum Gasteiger partial charge on any atom is 0.234 e. The highest BCUT2D eigenvalue weighted by Crippen LogP contribution is 2.34. The Morgan fingerprint density at radius 2 is 1.92 bits per heavy atom. The van der Waals surface area contributed by atoms with Crippen molar-refractivity contribution in [2.75, 3.05) is 11.4 Å². The zero-order chi connectivity index (χ0) is 18.1. The van der Waals surface area contributed by atoms with Crippen LogP contribution in [0.1, 0.15) is 17.8 Å². The van der Waals surface area contributed by atoms with Crippen molar-refractivity contribution in [3.8, 4) is 11.4 Å². The van der Waals surface area contributed by atoms with Crippen LogP contribution in [0, 0.1) is 0 Å². The fraction of sp³-hybridized carbons (Fsp3) is 0.250. The molecule has 4 rings (SSSR count). The molecule has 0 saturated heterocycles. The maximum atomic E-state index is 13.0. The van der Waals surface area contributed by atoms with Gasteiger partial charge in [0.1, 0.15) is 5.82 Å². The molecule has 0 unspecified atom stereocenters. The normalized spacial score (nSPS) is 13.5. The zero-order valence-corrected chi connectivity index (χ0v) is 15.3. The SMILES string of the molecule is Cn1c(CC(=O)N2CCCc3cccc(Cl)c32)nnc1-c1ccccc1. The number of aromatic nitrogens is 3. The van der Waals surface area contributed by atoms with E-state index in [4.69, 9.17) is 11.6 Å². The van der Waals surface area contributed by atoms with Gasteiger partial charge < -0.3 is 9.47 Å². The first-order valence-corrected chi connectivity index (χ1v) is 9.04. The standard InChI is InChI=1S/C20H19ClN4O/c1-24-17(22-23-20(24)15-7-3-2-4-8-15)13-18(26)25-12-6-10-14-9-5-11-16(21)19(14)25/h2-5,7-9,11H,6,10,12-13H2,1H3. The van der Waals surface area contributed by atoms with Crippen LogP contribution in [-0.2, 0) is 24.7 Å². The lowest BCUT2D eigenvalue weighted by atomic mass is 10.0. The van der Waals surface area contributed by atoms with Gasteiger partial charge in [-0.25, -0.2) is 0 Å². The van der Waals surface area contributed by atoms with Gasteiger partial charge in [-0.2, -0.15) is 0 Å². The second-order valence-corrected chi connectivity index (χ2v) is 6.85. The van der Waals surface area contributed by atoms with Crippen LogP contribution in [0.4, 0.5) is 5.69 Å². The molecule has 0 bridgehead atoms. The molecule has 1 amide bonds. The van der Waals surface area contributed by atoms with Crippen LogP contribution in [0.2, 0.25) is 5.02 Å². The molecule has 0 spiro atoms. The number of nitrogens with zero attached hydrogens (tertiary/aromatic N) is 4. The zero-order valence-electron chi connectivity index (χ0n) is 14.5. The van der Waals surface area contributed by atoms with Gasteiger partial charge in [-0.15, -0.1) is 10.2 Å². The third kappa shape index (κ3) is 2.99. The van der Waals surface area contributed by atoms with E-state index in [0.29, 0.717) is 17.4 Å². The number of amides is 1. The molecule has 1 aromatic heterocycles. The lowest BCUT2D eigenvalue weighted by molar-refractivity contribution is -0.118. The number of halogens is 1. The summed E-state index contributed by atoms with van der Waals surface area (Å²) in [6.45, 7) is 0.680. The summed E-state index contributed by atoms with van der Waals surface area (Å²) in [6.07, 6.45) is 2.08. The van der Waals surface area contributed by atoms with Crippen molar-refractivity contribution < 1.29 is 4.79 Å². The molecule has 0 fully saturated rings. The number of hydrogen-bond acceptors (Lipinski definition) is 3. The average Bonchev–Trinajstić information content (AvgIpc) is 3.02. The van der Waals surface area contributed by atoms with E-state index >= 15 is 0 Å². The Balaban J connectivity index is 1.60. The van der Waals surface area contributed by atoms with Crippen molar-refractivity contribution >= 4 is 23.2 Å². The van der Waals surface area contributed by atoms with Gasteiger partial charge in [0.05, 0.1) is 17.1 Å². The smallest absolute Gasteiger partial charge is 0.234 e. The average molecular weight is 367 g/mol. The van der Waals surface area contributed by atoms with Crippen LogP contribution in [0.25, 0.3) is 11.4 Å². The fourth-order valence-corrected chi connectivity index (χ4v) is 3.73. The van der Waals surface area contributed by atoms with E-state index in [9.17, 15) is 4.79 Å². The molecule has 6 heteroatoms. The van der Waals surface area contributed by atoms with Crippen molar-refractivity contribution in [1.29, 1.82) is 0 Å². The van der Waals surface area contributed by atoms with Crippen molar-refractivity contribution in [2.45, 2.75) is 19.3 Å². The number of benzene rings is 2. The van der Waals surface area contributed by atoms with E-state index < -0.39 is 0 Å². The predicted octanol–water partition coefficient (Wildman–Crippen LogP) is 3.66. The van der Waals surface area contributed by atoms with Gasteiger partial charge in [-0.05, 0) is 24.5 Å². The van der Waals surface area contributed by atoms with E-state index in [-0.39, 0.29) is 12.3 Å². The molecular formula is C20H19ClN4O. The molecule has 3 aromatic rings. The van der Waals surface area contributed by atoms with Crippen molar-refractivity contribution in [3.63, 3.8) is 0 Å². The van der Waals surface area contributed by atoms with E-state index in [2.05, 4.69) is 10.2 Å². The number of fused-ring (bicyclic) bond motifs is 1. The van der Waals surface area contributed by atoms with Gasteiger partial charge >= 0.3 is 0 Å². The summed E-state index contributed by atoms with van der Waals surface area (Å²) in [5, 5.41) is 9.12. The van der Waals surface area contributed by atoms with Gasteiger partial charge in [-0.1, -0.05) is 54.1 Å². The van der Waals surface area contributed by atoms with Gasteiger partial charge in [0.15, 0.2) is 5.82 Å². The first-order valence-electron chi connectivity index (χ1n) is 8.66. The second-order valence-electron chi connectivity index (χ2n) is 6.44. The highest BCUT2D eigenvalue weighted by molar-refractivity contribution is 6.34. The van der Waals surface area contributed by atoms with E-state index in [1.807, 2.05) is 60.1 Å². The summed E-state index contributed by atoms with van der Waals surface area (Å²) in [6, 6.07) is 15.7. The first-order chi connectivity index (χ1) is 12.6. The first kappa shape index (κ1) is 16.8. The van der Waals surface area contributed by atoms with E-state index in [1.165, 1.54) is 0 Å². The number of anilines is 1. The molecule has 26 heavy (non-hydrogen) atoms. The summed E-state index contributed by atoms with van der Waals surface area (Å²) in [5.41, 5.74) is 2.95. The lowest BCUT2D eigenvalue weighted by Gasteiger charge is -2.30. The molecule has 0 saturated carbocycles. The monoisotopic (exact) mass is 366 g/mol. The Morgan fingerprint density at radius 3 is 2.73 bits per heavy atom. The molecule has 1 aliphatic heterocycles. The van der Waals surface area contributed by atoms with Gasteiger partial charge in [0.25, 0.3) is 0 Å². The molecule has 2 aromatic carbocycles. The Hall–Kier alpha value is -2.66. The Bertz CT molecular complexity index is 952.